The van der Waals surface area contributed by atoms with Crippen molar-refractivity contribution in [2.24, 2.45) is 0 Å². The molecule has 4 rings (SSSR count). The van der Waals surface area contributed by atoms with Gasteiger partial charge in [0.2, 0.25) is 5.91 Å². The Bertz CT molecular complexity index is 1010. The number of aromatic nitrogens is 2. The summed E-state index contributed by atoms with van der Waals surface area (Å²) in [5.41, 5.74) is 3.28. The largest absolute Gasteiger partial charge is 0.335 e. The first-order valence-electron chi connectivity index (χ1n) is 9.67. The first-order valence-corrected chi connectivity index (χ1v) is 10.7. The molecule has 0 N–H and O–H groups in total. The van der Waals surface area contributed by atoms with Crippen molar-refractivity contribution in [1.29, 1.82) is 0 Å². The minimum atomic E-state index is -0.270. The van der Waals surface area contributed by atoms with Gasteiger partial charge in [-0.15, -0.1) is 0 Å². The van der Waals surface area contributed by atoms with Gasteiger partial charge in [0.25, 0.3) is 0 Å². The fourth-order valence-electron chi connectivity index (χ4n) is 3.19. The lowest BCUT2D eigenvalue weighted by Crippen LogP contribution is -2.34. The van der Waals surface area contributed by atoms with Crippen molar-refractivity contribution < 1.29 is 9.18 Å². The number of carbonyl (C=O) groups is 1. The maximum absolute atomic E-state index is 14.0. The third kappa shape index (κ3) is 5.01. The van der Waals surface area contributed by atoms with Gasteiger partial charge in [-0.3, -0.25) is 4.79 Å². The van der Waals surface area contributed by atoms with Gasteiger partial charge in [0.15, 0.2) is 5.16 Å². The van der Waals surface area contributed by atoms with Crippen molar-refractivity contribution in [1.82, 2.24) is 14.9 Å². The molecule has 148 valence electrons. The van der Waals surface area contributed by atoms with Gasteiger partial charge in [0.05, 0.1) is 11.4 Å². The third-order valence-electron chi connectivity index (χ3n) is 4.83. The molecular formula is C23H22FN3OS. The highest BCUT2D eigenvalue weighted by molar-refractivity contribution is 7.99. The van der Waals surface area contributed by atoms with E-state index in [0.717, 1.165) is 29.8 Å². The van der Waals surface area contributed by atoms with E-state index in [4.69, 9.17) is 0 Å². The van der Waals surface area contributed by atoms with E-state index in [2.05, 4.69) is 9.97 Å². The molecular weight excluding hydrogens is 385 g/mol. The normalized spacial score (nSPS) is 13.3. The van der Waals surface area contributed by atoms with E-state index < -0.39 is 0 Å². The van der Waals surface area contributed by atoms with Crippen molar-refractivity contribution in [3.05, 3.63) is 77.7 Å². The quantitative estimate of drug-likeness (QED) is 0.414. The summed E-state index contributed by atoms with van der Waals surface area (Å²) in [5.74, 6) is -0.0388. The van der Waals surface area contributed by atoms with Crippen molar-refractivity contribution in [2.45, 2.75) is 37.5 Å². The van der Waals surface area contributed by atoms with Crippen LogP contribution in [0.3, 0.4) is 0 Å². The molecule has 2 aromatic carbocycles. The summed E-state index contributed by atoms with van der Waals surface area (Å²) >= 11 is 1.33. The number of thioether (sulfide) groups is 1. The Morgan fingerprint density at radius 1 is 1.10 bits per heavy atom. The van der Waals surface area contributed by atoms with Crippen LogP contribution in [-0.2, 0) is 11.3 Å². The van der Waals surface area contributed by atoms with Crippen LogP contribution in [0.2, 0.25) is 0 Å². The molecule has 29 heavy (non-hydrogen) atoms. The summed E-state index contributed by atoms with van der Waals surface area (Å²) < 4.78 is 14.0. The van der Waals surface area contributed by atoms with Crippen molar-refractivity contribution in [3.63, 3.8) is 0 Å². The number of nitrogens with zero attached hydrogens (tertiary/aromatic N) is 3. The number of aryl methyl sites for hydroxylation is 1. The predicted molar refractivity (Wildman–Crippen MR) is 113 cm³/mol. The second kappa shape index (κ2) is 8.74. The summed E-state index contributed by atoms with van der Waals surface area (Å²) in [5, 5.41) is 0.582. The zero-order valence-corrected chi connectivity index (χ0v) is 17.0. The molecule has 1 amide bonds. The molecule has 0 spiro atoms. The van der Waals surface area contributed by atoms with Crippen LogP contribution in [0, 0.1) is 12.7 Å². The number of amides is 1. The van der Waals surface area contributed by atoms with Crippen molar-refractivity contribution >= 4 is 17.7 Å². The zero-order valence-electron chi connectivity index (χ0n) is 16.2. The maximum atomic E-state index is 14.0. The first kappa shape index (κ1) is 19.6. The molecule has 6 heteroatoms. The van der Waals surface area contributed by atoms with Crippen LogP contribution in [0.1, 0.15) is 24.1 Å². The summed E-state index contributed by atoms with van der Waals surface area (Å²) in [6, 6.07) is 18.7. The van der Waals surface area contributed by atoms with Crippen LogP contribution in [0.25, 0.3) is 11.3 Å². The predicted octanol–water partition coefficient (Wildman–Crippen LogP) is 4.87. The number of halogens is 1. The van der Waals surface area contributed by atoms with Crippen LogP contribution in [0.4, 0.5) is 4.39 Å². The molecule has 0 unspecified atom stereocenters. The molecule has 1 aliphatic rings. The summed E-state index contributed by atoms with van der Waals surface area (Å²) in [6.45, 7) is 2.23. The summed E-state index contributed by atoms with van der Waals surface area (Å²) in [7, 11) is 0. The monoisotopic (exact) mass is 407 g/mol. The molecule has 0 aliphatic heterocycles. The molecule has 1 fully saturated rings. The SMILES string of the molecule is Cc1cc(-c2ccccc2)nc(SCC(=O)N(Cc2ccccc2F)C2CC2)n1. The second-order valence-corrected chi connectivity index (χ2v) is 8.12. The Hall–Kier alpha value is -2.73. The number of hydrogen-bond acceptors (Lipinski definition) is 4. The van der Waals surface area contributed by atoms with E-state index in [9.17, 15) is 9.18 Å². The van der Waals surface area contributed by atoms with Gasteiger partial charge in [0.1, 0.15) is 5.82 Å². The maximum Gasteiger partial charge on any atom is 0.233 e. The number of rotatable bonds is 7. The molecule has 0 atom stereocenters. The lowest BCUT2D eigenvalue weighted by molar-refractivity contribution is -0.129. The molecule has 3 aromatic rings. The Morgan fingerprint density at radius 3 is 2.55 bits per heavy atom. The van der Waals surface area contributed by atoms with Crippen LogP contribution in [-0.4, -0.2) is 32.6 Å². The van der Waals surface area contributed by atoms with Gasteiger partial charge in [-0.1, -0.05) is 60.3 Å². The highest BCUT2D eigenvalue weighted by atomic mass is 32.2. The highest BCUT2D eigenvalue weighted by Crippen LogP contribution is 2.30. The lowest BCUT2D eigenvalue weighted by Gasteiger charge is -2.22. The van der Waals surface area contributed by atoms with E-state index in [0.29, 0.717) is 17.3 Å². The first-order chi connectivity index (χ1) is 14.1. The number of carbonyl (C=O) groups excluding carboxylic acids is 1. The average molecular weight is 408 g/mol. The van der Waals surface area contributed by atoms with E-state index in [-0.39, 0.29) is 23.5 Å². The smallest absolute Gasteiger partial charge is 0.233 e. The van der Waals surface area contributed by atoms with Gasteiger partial charge in [-0.25, -0.2) is 14.4 Å². The van der Waals surface area contributed by atoms with Gasteiger partial charge in [-0.05, 0) is 31.9 Å². The second-order valence-electron chi connectivity index (χ2n) is 7.18. The summed E-state index contributed by atoms with van der Waals surface area (Å²) in [4.78, 5) is 23.8. The van der Waals surface area contributed by atoms with Crippen molar-refractivity contribution in [2.75, 3.05) is 5.75 Å². The van der Waals surface area contributed by atoms with Gasteiger partial charge in [0, 0.05) is 29.4 Å². The van der Waals surface area contributed by atoms with E-state index in [1.54, 1.807) is 23.1 Å². The molecule has 1 aromatic heterocycles. The van der Waals surface area contributed by atoms with Crippen LogP contribution in [0.5, 0.6) is 0 Å². The zero-order chi connectivity index (χ0) is 20.2. The van der Waals surface area contributed by atoms with Crippen molar-refractivity contribution in [3.8, 4) is 11.3 Å². The lowest BCUT2D eigenvalue weighted by atomic mass is 10.1. The fourth-order valence-corrected chi connectivity index (χ4v) is 3.98. The minimum absolute atomic E-state index is 0.00730. The third-order valence-corrected chi connectivity index (χ3v) is 5.67. The number of benzene rings is 2. The Morgan fingerprint density at radius 2 is 1.83 bits per heavy atom. The molecule has 1 saturated carbocycles. The van der Waals surface area contributed by atoms with Crippen LogP contribution < -0.4 is 0 Å². The fraction of sp³-hybridized carbons (Fsp3) is 0.261. The van der Waals surface area contributed by atoms with E-state index in [1.807, 2.05) is 43.3 Å². The van der Waals surface area contributed by atoms with Gasteiger partial charge in [-0.2, -0.15) is 0 Å². The van der Waals surface area contributed by atoms with E-state index >= 15 is 0 Å². The molecule has 4 nitrogen and oxygen atoms in total. The number of hydrogen-bond donors (Lipinski definition) is 0. The molecule has 1 heterocycles. The van der Waals surface area contributed by atoms with E-state index in [1.165, 1.54) is 17.8 Å². The Balaban J connectivity index is 1.46. The standard InChI is InChI=1S/C23H22FN3OS/c1-16-13-21(17-7-3-2-4-8-17)26-23(25-16)29-15-22(28)27(19-11-12-19)14-18-9-5-6-10-20(18)24/h2-10,13,19H,11-12,14-15H2,1H3. The average Bonchev–Trinajstić information content (AvgIpc) is 3.57. The highest BCUT2D eigenvalue weighted by Gasteiger charge is 2.33. The molecule has 0 saturated heterocycles. The van der Waals surface area contributed by atoms with Gasteiger partial charge >= 0.3 is 0 Å². The molecule has 0 bridgehead atoms. The molecule has 0 radical (unpaired) electrons. The Labute approximate surface area is 174 Å². The topological polar surface area (TPSA) is 46.1 Å². The summed E-state index contributed by atoms with van der Waals surface area (Å²) in [6.07, 6.45) is 1.95. The Kier molecular flexibility index (Phi) is 5.90. The van der Waals surface area contributed by atoms with Crippen LogP contribution >= 0.6 is 11.8 Å². The van der Waals surface area contributed by atoms with Gasteiger partial charge < -0.3 is 4.90 Å². The molecule has 1 aliphatic carbocycles. The minimum Gasteiger partial charge on any atom is -0.335 e. The van der Waals surface area contributed by atoms with Crippen LogP contribution in [0.15, 0.2) is 65.8 Å².